The van der Waals surface area contributed by atoms with Crippen molar-refractivity contribution in [3.63, 3.8) is 0 Å². The number of urea groups is 1. The summed E-state index contributed by atoms with van der Waals surface area (Å²) in [6.07, 6.45) is 0. The predicted octanol–water partition coefficient (Wildman–Crippen LogP) is 3.37. The number of hydrogen-bond donors (Lipinski definition) is 2. The highest BCUT2D eigenvalue weighted by molar-refractivity contribution is 5.99. The smallest absolute Gasteiger partial charge is 0.323 e. The summed E-state index contributed by atoms with van der Waals surface area (Å²) < 4.78 is 18.5. The number of halogens is 1. The number of carbonyl (C=O) groups excluding carboxylic acids is 1. The van der Waals surface area contributed by atoms with E-state index in [0.717, 1.165) is 0 Å². The van der Waals surface area contributed by atoms with Gasteiger partial charge in [-0.05, 0) is 36.4 Å². The van der Waals surface area contributed by atoms with Gasteiger partial charge in [0.15, 0.2) is 6.61 Å². The zero-order valence-electron chi connectivity index (χ0n) is 11.0. The standard InChI is InChI=1S/C15H12FN3O2/c16-13-3-1-2-4-14(13)19-15(20)18-11-5-7-12(8-6-11)21-10-9-17/h1-8H,10H2,(H2,18,19,20). The lowest BCUT2D eigenvalue weighted by Crippen LogP contribution is -2.20. The molecule has 0 unspecified atom stereocenters. The summed E-state index contributed by atoms with van der Waals surface area (Å²) in [5, 5.41) is 13.4. The van der Waals surface area contributed by atoms with Crippen LogP contribution in [-0.2, 0) is 0 Å². The first kappa shape index (κ1) is 14.3. The molecule has 5 nitrogen and oxygen atoms in total. The molecule has 0 heterocycles. The van der Waals surface area contributed by atoms with Gasteiger partial charge in [-0.3, -0.25) is 0 Å². The number of nitrogens with zero attached hydrogens (tertiary/aromatic N) is 1. The zero-order valence-corrected chi connectivity index (χ0v) is 11.0. The molecule has 0 bridgehead atoms. The van der Waals surface area contributed by atoms with Crippen molar-refractivity contribution >= 4 is 17.4 Å². The lowest BCUT2D eigenvalue weighted by Gasteiger charge is -2.09. The molecule has 2 rings (SSSR count). The molecule has 0 aliphatic heterocycles. The molecule has 0 saturated carbocycles. The average Bonchev–Trinajstić information content (AvgIpc) is 2.49. The average molecular weight is 285 g/mol. The Hall–Kier alpha value is -3.07. The van der Waals surface area contributed by atoms with Gasteiger partial charge < -0.3 is 15.4 Å². The summed E-state index contributed by atoms with van der Waals surface area (Å²) in [6, 6.07) is 13.7. The van der Waals surface area contributed by atoms with E-state index in [0.29, 0.717) is 11.4 Å². The Labute approximate surface area is 121 Å². The van der Waals surface area contributed by atoms with Gasteiger partial charge in [0, 0.05) is 5.69 Å². The van der Waals surface area contributed by atoms with Crippen LogP contribution in [0.2, 0.25) is 0 Å². The lowest BCUT2D eigenvalue weighted by molar-refractivity contribution is 0.262. The minimum absolute atomic E-state index is 0.0411. The van der Waals surface area contributed by atoms with Gasteiger partial charge in [-0.1, -0.05) is 12.1 Å². The van der Waals surface area contributed by atoms with Gasteiger partial charge in [0.2, 0.25) is 0 Å². The number of ether oxygens (including phenoxy) is 1. The SMILES string of the molecule is N#CCOc1ccc(NC(=O)Nc2ccccc2F)cc1. The van der Waals surface area contributed by atoms with Crippen molar-refractivity contribution in [2.24, 2.45) is 0 Å². The Morgan fingerprint density at radius 3 is 2.52 bits per heavy atom. The molecule has 0 spiro atoms. The third-order valence-electron chi connectivity index (χ3n) is 2.54. The molecule has 2 aromatic rings. The van der Waals surface area contributed by atoms with E-state index in [1.54, 1.807) is 36.4 Å². The number of benzene rings is 2. The van der Waals surface area contributed by atoms with E-state index in [-0.39, 0.29) is 12.3 Å². The van der Waals surface area contributed by atoms with Gasteiger partial charge in [0.25, 0.3) is 0 Å². The summed E-state index contributed by atoms with van der Waals surface area (Å²) in [7, 11) is 0. The number of anilines is 2. The number of nitrogens with one attached hydrogen (secondary N) is 2. The van der Waals surface area contributed by atoms with Crippen LogP contribution in [0.25, 0.3) is 0 Å². The third-order valence-corrected chi connectivity index (χ3v) is 2.54. The fourth-order valence-corrected chi connectivity index (χ4v) is 1.60. The number of rotatable bonds is 4. The monoisotopic (exact) mass is 285 g/mol. The molecule has 106 valence electrons. The van der Waals surface area contributed by atoms with Crippen molar-refractivity contribution in [3.05, 3.63) is 54.3 Å². The second-order valence-corrected chi connectivity index (χ2v) is 4.03. The molecule has 0 fully saturated rings. The van der Waals surface area contributed by atoms with Crippen LogP contribution in [0.1, 0.15) is 0 Å². The van der Waals surface area contributed by atoms with Gasteiger partial charge in [0.1, 0.15) is 17.6 Å². The van der Waals surface area contributed by atoms with E-state index < -0.39 is 11.8 Å². The van der Waals surface area contributed by atoms with Crippen LogP contribution in [0.5, 0.6) is 5.75 Å². The van der Waals surface area contributed by atoms with Crippen molar-refractivity contribution < 1.29 is 13.9 Å². The summed E-state index contributed by atoms with van der Waals surface area (Å²) in [5.74, 6) is 0.0181. The van der Waals surface area contributed by atoms with E-state index in [9.17, 15) is 9.18 Å². The van der Waals surface area contributed by atoms with E-state index in [4.69, 9.17) is 10.00 Å². The van der Waals surface area contributed by atoms with Crippen molar-refractivity contribution in [1.29, 1.82) is 5.26 Å². The molecule has 6 heteroatoms. The molecular weight excluding hydrogens is 273 g/mol. The number of nitriles is 1. The Balaban J connectivity index is 1.94. The largest absolute Gasteiger partial charge is 0.479 e. The normalized spacial score (nSPS) is 9.52. The predicted molar refractivity (Wildman–Crippen MR) is 76.6 cm³/mol. The van der Waals surface area contributed by atoms with Gasteiger partial charge in [-0.15, -0.1) is 0 Å². The van der Waals surface area contributed by atoms with Crippen LogP contribution in [-0.4, -0.2) is 12.6 Å². The Morgan fingerprint density at radius 1 is 1.14 bits per heavy atom. The molecule has 0 aliphatic rings. The highest BCUT2D eigenvalue weighted by atomic mass is 19.1. The van der Waals surface area contributed by atoms with Gasteiger partial charge in [0.05, 0.1) is 5.69 Å². The first-order chi connectivity index (χ1) is 10.2. The van der Waals surface area contributed by atoms with Crippen molar-refractivity contribution in [3.8, 4) is 11.8 Å². The molecule has 21 heavy (non-hydrogen) atoms. The number of amides is 2. The van der Waals surface area contributed by atoms with Gasteiger partial charge >= 0.3 is 6.03 Å². The number of hydrogen-bond acceptors (Lipinski definition) is 3. The molecule has 0 atom stereocenters. The van der Waals surface area contributed by atoms with Crippen LogP contribution >= 0.6 is 0 Å². The summed E-state index contributed by atoms with van der Waals surface area (Å²) in [5.41, 5.74) is 0.622. The Morgan fingerprint density at radius 2 is 1.86 bits per heavy atom. The van der Waals surface area contributed by atoms with Crippen LogP contribution in [0, 0.1) is 17.1 Å². The fraction of sp³-hybridized carbons (Fsp3) is 0.0667. The first-order valence-corrected chi connectivity index (χ1v) is 6.11. The number of carbonyl (C=O) groups is 1. The second kappa shape index (κ2) is 6.91. The molecule has 2 aromatic carbocycles. The lowest BCUT2D eigenvalue weighted by atomic mass is 10.3. The van der Waals surface area contributed by atoms with E-state index in [1.165, 1.54) is 12.1 Å². The summed E-state index contributed by atoms with van der Waals surface area (Å²) >= 11 is 0. The molecule has 0 aromatic heterocycles. The van der Waals surface area contributed by atoms with Gasteiger partial charge in [-0.25, -0.2) is 9.18 Å². The topological polar surface area (TPSA) is 74.1 Å². The quantitative estimate of drug-likeness (QED) is 0.904. The first-order valence-electron chi connectivity index (χ1n) is 6.11. The van der Waals surface area contributed by atoms with Crippen LogP contribution < -0.4 is 15.4 Å². The Bertz CT molecular complexity index is 665. The van der Waals surface area contributed by atoms with Crippen LogP contribution in [0.3, 0.4) is 0 Å². The maximum absolute atomic E-state index is 13.4. The second-order valence-electron chi connectivity index (χ2n) is 4.03. The molecule has 0 radical (unpaired) electrons. The molecule has 2 amide bonds. The van der Waals surface area contributed by atoms with E-state index in [1.807, 2.05) is 6.07 Å². The molecule has 0 aliphatic carbocycles. The van der Waals surface area contributed by atoms with E-state index in [2.05, 4.69) is 10.6 Å². The molecule has 2 N–H and O–H groups in total. The highest BCUT2D eigenvalue weighted by Crippen LogP contribution is 2.17. The van der Waals surface area contributed by atoms with Crippen LogP contribution in [0.4, 0.5) is 20.6 Å². The summed E-state index contributed by atoms with van der Waals surface area (Å²) in [6.45, 7) is -0.0411. The third kappa shape index (κ3) is 4.21. The van der Waals surface area contributed by atoms with Crippen molar-refractivity contribution in [2.45, 2.75) is 0 Å². The van der Waals surface area contributed by atoms with Crippen molar-refractivity contribution in [2.75, 3.05) is 17.2 Å². The summed E-state index contributed by atoms with van der Waals surface area (Å²) in [4.78, 5) is 11.7. The van der Waals surface area contributed by atoms with Gasteiger partial charge in [-0.2, -0.15) is 5.26 Å². The van der Waals surface area contributed by atoms with Crippen LogP contribution in [0.15, 0.2) is 48.5 Å². The minimum Gasteiger partial charge on any atom is -0.479 e. The maximum atomic E-state index is 13.4. The van der Waals surface area contributed by atoms with E-state index >= 15 is 0 Å². The van der Waals surface area contributed by atoms with Crippen molar-refractivity contribution in [1.82, 2.24) is 0 Å². The zero-order chi connectivity index (χ0) is 15.1. The Kier molecular flexibility index (Phi) is 4.72. The maximum Gasteiger partial charge on any atom is 0.323 e. The molecular formula is C15H12FN3O2. The molecule has 0 saturated heterocycles. The minimum atomic E-state index is -0.550. The number of para-hydroxylation sites is 1. The fourth-order valence-electron chi connectivity index (χ4n) is 1.60. The highest BCUT2D eigenvalue weighted by Gasteiger charge is 2.06.